The second-order valence-electron chi connectivity index (χ2n) is 7.90. The largest absolute Gasteiger partial charge is 0.481 e. The highest BCUT2D eigenvalue weighted by atomic mass is 32.2. The van der Waals surface area contributed by atoms with Gasteiger partial charge in [-0.25, -0.2) is 0 Å². The minimum Gasteiger partial charge on any atom is -0.481 e. The number of nitrogens with one attached hydrogen (secondary N) is 1. The van der Waals surface area contributed by atoms with Crippen LogP contribution in [0.2, 0.25) is 0 Å². The Morgan fingerprint density at radius 3 is 2.35 bits per heavy atom. The smallest absolute Gasteiger partial charge is 0.305 e. The van der Waals surface area contributed by atoms with Crippen LogP contribution in [0.25, 0.3) is 0 Å². The number of aliphatic carboxylic acids is 1. The lowest BCUT2D eigenvalue weighted by Crippen LogP contribution is -2.50. The first kappa shape index (κ1) is 19.5. The zero-order chi connectivity index (χ0) is 18.5. The summed E-state index contributed by atoms with van der Waals surface area (Å²) in [5.74, 6) is 1.25. The van der Waals surface area contributed by atoms with Gasteiger partial charge in [0.2, 0.25) is 11.8 Å². The molecule has 0 spiro atoms. The molecule has 1 unspecified atom stereocenters. The fraction of sp³-hybridized carbons (Fsp3) is 0.842. The summed E-state index contributed by atoms with van der Waals surface area (Å²) in [5, 5.41) is 12.3. The first-order chi connectivity index (χ1) is 12.5. The number of thioether (sulfide) groups is 1. The molecule has 3 aliphatic rings. The van der Waals surface area contributed by atoms with Crippen LogP contribution in [0.1, 0.15) is 57.8 Å². The molecule has 2 N–H and O–H groups in total. The van der Waals surface area contributed by atoms with Crippen LogP contribution in [0.3, 0.4) is 0 Å². The van der Waals surface area contributed by atoms with Gasteiger partial charge in [0, 0.05) is 35.9 Å². The Morgan fingerprint density at radius 1 is 1.00 bits per heavy atom. The molecule has 3 rings (SSSR count). The van der Waals surface area contributed by atoms with E-state index in [0.717, 1.165) is 57.1 Å². The van der Waals surface area contributed by atoms with Gasteiger partial charge >= 0.3 is 5.97 Å². The van der Waals surface area contributed by atoms with Gasteiger partial charge in [-0.15, -0.1) is 0 Å². The molecule has 7 heteroatoms. The van der Waals surface area contributed by atoms with Gasteiger partial charge in [-0.1, -0.05) is 12.8 Å². The average molecular weight is 383 g/mol. The summed E-state index contributed by atoms with van der Waals surface area (Å²) in [6.07, 6.45) is 7.65. The molecule has 2 amide bonds. The van der Waals surface area contributed by atoms with Crippen LogP contribution in [0.15, 0.2) is 0 Å². The highest BCUT2D eigenvalue weighted by Gasteiger charge is 2.35. The van der Waals surface area contributed by atoms with E-state index in [1.54, 1.807) is 11.8 Å². The van der Waals surface area contributed by atoms with Crippen molar-refractivity contribution < 1.29 is 19.5 Å². The van der Waals surface area contributed by atoms with Crippen molar-refractivity contribution in [1.82, 2.24) is 10.2 Å². The number of nitrogens with zero attached hydrogens (tertiary/aromatic N) is 1. The molecular formula is C19H30N2O4S. The van der Waals surface area contributed by atoms with E-state index in [-0.39, 0.29) is 42.2 Å². The van der Waals surface area contributed by atoms with Gasteiger partial charge in [-0.3, -0.25) is 14.4 Å². The molecular weight excluding hydrogens is 352 g/mol. The summed E-state index contributed by atoms with van der Waals surface area (Å²) in [6, 6.07) is 0.0115. The SMILES string of the molecule is O=C(O)CC1CSCCN1C(=O)C1CCC(NC(=O)C2CCCC2)CC1. The molecule has 2 saturated carbocycles. The second-order valence-corrected chi connectivity index (χ2v) is 9.05. The number of carbonyl (C=O) groups is 3. The van der Waals surface area contributed by atoms with Crippen LogP contribution in [0.4, 0.5) is 0 Å². The fourth-order valence-corrected chi connectivity index (χ4v) is 5.60. The van der Waals surface area contributed by atoms with E-state index in [0.29, 0.717) is 12.3 Å². The van der Waals surface area contributed by atoms with Crippen LogP contribution in [-0.2, 0) is 14.4 Å². The van der Waals surface area contributed by atoms with Crippen molar-refractivity contribution in [1.29, 1.82) is 0 Å². The molecule has 26 heavy (non-hydrogen) atoms. The van der Waals surface area contributed by atoms with Crippen molar-refractivity contribution in [3.8, 4) is 0 Å². The van der Waals surface area contributed by atoms with Gasteiger partial charge in [0.15, 0.2) is 0 Å². The van der Waals surface area contributed by atoms with Crippen LogP contribution >= 0.6 is 11.8 Å². The van der Waals surface area contributed by atoms with Crippen molar-refractivity contribution in [3.05, 3.63) is 0 Å². The number of rotatable bonds is 5. The lowest BCUT2D eigenvalue weighted by molar-refractivity contribution is -0.142. The van der Waals surface area contributed by atoms with Crippen LogP contribution in [0, 0.1) is 11.8 Å². The van der Waals surface area contributed by atoms with Crippen LogP contribution in [-0.4, -0.2) is 57.9 Å². The molecule has 1 heterocycles. The lowest BCUT2D eigenvalue weighted by atomic mass is 9.84. The number of carboxylic acid groups (broad SMARTS) is 1. The molecule has 2 aliphatic carbocycles. The van der Waals surface area contributed by atoms with E-state index in [2.05, 4.69) is 5.32 Å². The summed E-state index contributed by atoms with van der Waals surface area (Å²) >= 11 is 1.73. The van der Waals surface area contributed by atoms with Crippen LogP contribution in [0.5, 0.6) is 0 Å². The number of carboxylic acids is 1. The van der Waals surface area contributed by atoms with Gasteiger partial charge in [-0.05, 0) is 38.5 Å². The molecule has 1 atom stereocenters. The molecule has 1 aliphatic heterocycles. The molecule has 0 aromatic carbocycles. The molecule has 1 saturated heterocycles. The van der Waals surface area contributed by atoms with E-state index in [1.165, 1.54) is 0 Å². The topological polar surface area (TPSA) is 86.7 Å². The standard InChI is InChI=1S/C19H30N2O4S/c22-17(23)11-16-12-26-10-9-21(16)19(25)14-5-7-15(8-6-14)20-18(24)13-3-1-2-4-13/h13-16H,1-12H2,(H,20,24)(H,22,23). The summed E-state index contributed by atoms with van der Waals surface area (Å²) < 4.78 is 0. The minimum absolute atomic E-state index is 0.0194. The highest BCUT2D eigenvalue weighted by molar-refractivity contribution is 7.99. The number of hydrogen-bond acceptors (Lipinski definition) is 4. The normalized spacial score (nSPS) is 30.2. The Kier molecular flexibility index (Phi) is 6.84. The second kappa shape index (κ2) is 9.11. The predicted molar refractivity (Wildman–Crippen MR) is 101 cm³/mol. The molecule has 3 fully saturated rings. The maximum atomic E-state index is 12.9. The maximum absolute atomic E-state index is 12.9. The monoisotopic (exact) mass is 382 g/mol. The minimum atomic E-state index is -0.839. The summed E-state index contributed by atoms with van der Waals surface area (Å²) in [6.45, 7) is 0.653. The fourth-order valence-electron chi connectivity index (χ4n) is 4.54. The summed E-state index contributed by atoms with van der Waals surface area (Å²) in [5.41, 5.74) is 0. The first-order valence-corrected chi connectivity index (χ1v) is 11.1. The Bertz CT molecular complexity index is 528. The number of amides is 2. The van der Waals surface area contributed by atoms with Gasteiger partial charge in [0.1, 0.15) is 0 Å². The van der Waals surface area contributed by atoms with Gasteiger partial charge in [0.05, 0.1) is 12.5 Å². The zero-order valence-electron chi connectivity index (χ0n) is 15.3. The third-order valence-electron chi connectivity index (χ3n) is 6.07. The number of hydrogen-bond donors (Lipinski definition) is 2. The molecule has 0 radical (unpaired) electrons. The third-order valence-corrected chi connectivity index (χ3v) is 7.16. The molecule has 6 nitrogen and oxygen atoms in total. The van der Waals surface area contributed by atoms with E-state index in [1.807, 2.05) is 4.90 Å². The van der Waals surface area contributed by atoms with Crippen molar-refractivity contribution >= 4 is 29.5 Å². The van der Waals surface area contributed by atoms with Gasteiger partial charge < -0.3 is 15.3 Å². The average Bonchev–Trinajstić information content (AvgIpc) is 3.17. The van der Waals surface area contributed by atoms with E-state index in [9.17, 15) is 14.4 Å². The summed E-state index contributed by atoms with van der Waals surface area (Å²) in [7, 11) is 0. The zero-order valence-corrected chi connectivity index (χ0v) is 16.1. The highest BCUT2D eigenvalue weighted by Crippen LogP contribution is 2.30. The number of carbonyl (C=O) groups excluding carboxylic acids is 2. The predicted octanol–water partition coefficient (Wildman–Crippen LogP) is 2.27. The molecule has 146 valence electrons. The molecule has 0 aromatic rings. The summed E-state index contributed by atoms with van der Waals surface area (Å²) in [4.78, 5) is 38.1. The molecule has 0 bridgehead atoms. The van der Waals surface area contributed by atoms with E-state index >= 15 is 0 Å². The van der Waals surface area contributed by atoms with Crippen molar-refractivity contribution in [3.63, 3.8) is 0 Å². The maximum Gasteiger partial charge on any atom is 0.305 e. The van der Waals surface area contributed by atoms with Crippen molar-refractivity contribution in [2.75, 3.05) is 18.1 Å². The third kappa shape index (κ3) is 4.93. The Labute approximate surface area is 159 Å². The Balaban J connectivity index is 1.48. The Hall–Kier alpha value is -1.24. The van der Waals surface area contributed by atoms with Crippen molar-refractivity contribution in [2.24, 2.45) is 11.8 Å². The van der Waals surface area contributed by atoms with E-state index < -0.39 is 5.97 Å². The van der Waals surface area contributed by atoms with E-state index in [4.69, 9.17) is 5.11 Å². The Morgan fingerprint density at radius 2 is 1.69 bits per heavy atom. The quantitative estimate of drug-likeness (QED) is 0.762. The first-order valence-electron chi connectivity index (χ1n) is 9.95. The molecule has 0 aromatic heterocycles. The van der Waals surface area contributed by atoms with Gasteiger partial charge in [0.25, 0.3) is 0 Å². The van der Waals surface area contributed by atoms with Crippen LogP contribution < -0.4 is 5.32 Å². The van der Waals surface area contributed by atoms with Crippen molar-refractivity contribution in [2.45, 2.75) is 69.9 Å². The lowest BCUT2D eigenvalue weighted by Gasteiger charge is -2.38. The van der Waals surface area contributed by atoms with Gasteiger partial charge in [-0.2, -0.15) is 11.8 Å².